The van der Waals surface area contributed by atoms with Crippen LogP contribution in [0.5, 0.6) is 5.75 Å². The summed E-state index contributed by atoms with van der Waals surface area (Å²) in [6, 6.07) is 17.8. The highest BCUT2D eigenvalue weighted by molar-refractivity contribution is 6.03. The van der Waals surface area contributed by atoms with E-state index in [2.05, 4.69) is 10.1 Å². The lowest BCUT2D eigenvalue weighted by atomic mass is 10.0. The molecule has 1 aliphatic rings. The van der Waals surface area contributed by atoms with E-state index >= 15 is 0 Å². The molecule has 2 aromatic heterocycles. The van der Waals surface area contributed by atoms with Crippen LogP contribution in [0.4, 0.5) is 0 Å². The predicted molar refractivity (Wildman–Crippen MR) is 118 cm³/mol. The maximum atomic E-state index is 13.3. The molecule has 0 bridgehead atoms. The second-order valence-electron chi connectivity index (χ2n) is 7.44. The van der Waals surface area contributed by atoms with E-state index in [1.807, 2.05) is 36.4 Å². The summed E-state index contributed by atoms with van der Waals surface area (Å²) in [6.45, 7) is -0.173. The summed E-state index contributed by atoms with van der Waals surface area (Å²) in [6.07, 6.45) is 3.46. The molecule has 0 saturated carbocycles. The number of carbonyl (C=O) groups is 1. The van der Waals surface area contributed by atoms with Gasteiger partial charge in [-0.3, -0.25) is 14.2 Å². The molecule has 3 heterocycles. The van der Waals surface area contributed by atoms with Crippen molar-refractivity contribution in [3.8, 4) is 5.75 Å². The van der Waals surface area contributed by atoms with Gasteiger partial charge in [-0.05, 0) is 54.1 Å². The van der Waals surface area contributed by atoms with Gasteiger partial charge in [0, 0.05) is 6.42 Å². The number of methoxy groups -OCH3 is 1. The largest absolute Gasteiger partial charge is 0.497 e. The second kappa shape index (κ2) is 8.14. The van der Waals surface area contributed by atoms with Gasteiger partial charge in [0.25, 0.3) is 11.5 Å². The van der Waals surface area contributed by atoms with Gasteiger partial charge in [0.1, 0.15) is 24.1 Å². The highest BCUT2D eigenvalue weighted by Gasteiger charge is 2.35. The molecule has 8 nitrogen and oxygen atoms in total. The van der Waals surface area contributed by atoms with Crippen LogP contribution in [0.2, 0.25) is 0 Å². The topological polar surface area (TPSA) is 89.9 Å². The fourth-order valence-corrected chi connectivity index (χ4v) is 3.84. The van der Waals surface area contributed by atoms with Gasteiger partial charge < -0.3 is 9.15 Å². The zero-order chi connectivity index (χ0) is 22.1. The SMILES string of the molecule is COc1ccc(C2=NN(C(=O)Cn3cnc4ccccc4c3=O)C(c3ccco3)C2)cc1. The monoisotopic (exact) mass is 428 g/mol. The van der Waals surface area contributed by atoms with E-state index in [-0.39, 0.29) is 18.0 Å². The smallest absolute Gasteiger partial charge is 0.263 e. The van der Waals surface area contributed by atoms with Gasteiger partial charge in [-0.2, -0.15) is 5.10 Å². The van der Waals surface area contributed by atoms with Crippen LogP contribution in [-0.2, 0) is 11.3 Å². The summed E-state index contributed by atoms with van der Waals surface area (Å²) in [4.78, 5) is 30.4. The van der Waals surface area contributed by atoms with Crippen LogP contribution >= 0.6 is 0 Å². The number of furan rings is 1. The Bertz CT molecular complexity index is 1360. The number of aromatic nitrogens is 2. The fourth-order valence-electron chi connectivity index (χ4n) is 3.84. The maximum absolute atomic E-state index is 13.3. The van der Waals surface area contributed by atoms with Crippen LogP contribution in [0.15, 0.2) is 87.6 Å². The van der Waals surface area contributed by atoms with Gasteiger partial charge in [0.05, 0.1) is 36.3 Å². The summed E-state index contributed by atoms with van der Waals surface area (Å²) in [7, 11) is 1.61. The minimum absolute atomic E-state index is 0.173. The molecule has 4 aromatic rings. The van der Waals surface area contributed by atoms with Crippen molar-refractivity contribution >= 4 is 22.5 Å². The standard InChI is InChI=1S/C24H20N4O4/c1-31-17-10-8-16(9-11-17)20-13-21(22-7-4-12-32-22)28(26-20)23(29)14-27-15-25-19-6-3-2-5-18(19)24(27)30/h2-12,15,21H,13-14H2,1H3. The van der Waals surface area contributed by atoms with E-state index < -0.39 is 6.04 Å². The summed E-state index contributed by atoms with van der Waals surface area (Å²) in [5.41, 5.74) is 1.97. The van der Waals surface area contributed by atoms with Crippen LogP contribution < -0.4 is 10.3 Å². The third kappa shape index (κ3) is 3.56. The van der Waals surface area contributed by atoms with Crippen LogP contribution in [-0.4, -0.2) is 33.3 Å². The second-order valence-corrected chi connectivity index (χ2v) is 7.44. The van der Waals surface area contributed by atoms with Crippen molar-refractivity contribution in [3.63, 3.8) is 0 Å². The van der Waals surface area contributed by atoms with E-state index in [0.29, 0.717) is 23.1 Å². The number of carbonyl (C=O) groups excluding carboxylic acids is 1. The van der Waals surface area contributed by atoms with E-state index in [1.165, 1.54) is 15.9 Å². The number of nitrogens with zero attached hydrogens (tertiary/aromatic N) is 4. The van der Waals surface area contributed by atoms with E-state index in [9.17, 15) is 9.59 Å². The minimum Gasteiger partial charge on any atom is -0.497 e. The van der Waals surface area contributed by atoms with Crippen LogP contribution in [0.25, 0.3) is 10.9 Å². The van der Waals surface area contributed by atoms with Crippen molar-refractivity contribution < 1.29 is 13.9 Å². The number of hydrazone groups is 1. The van der Waals surface area contributed by atoms with Crippen molar-refractivity contribution in [1.29, 1.82) is 0 Å². The summed E-state index contributed by atoms with van der Waals surface area (Å²) < 4.78 is 12.1. The van der Waals surface area contributed by atoms with Crippen molar-refractivity contribution in [2.75, 3.05) is 7.11 Å². The van der Waals surface area contributed by atoms with Crippen molar-refractivity contribution in [3.05, 3.63) is 94.9 Å². The average molecular weight is 428 g/mol. The molecule has 0 saturated heterocycles. The van der Waals surface area contributed by atoms with Crippen molar-refractivity contribution in [1.82, 2.24) is 14.6 Å². The molecule has 0 spiro atoms. The molecule has 1 amide bonds. The highest BCUT2D eigenvalue weighted by atomic mass is 16.5. The van der Waals surface area contributed by atoms with Gasteiger partial charge in [0.15, 0.2) is 0 Å². The van der Waals surface area contributed by atoms with Gasteiger partial charge in [0.2, 0.25) is 0 Å². The molecule has 0 aliphatic carbocycles. The zero-order valence-electron chi connectivity index (χ0n) is 17.3. The lowest BCUT2D eigenvalue weighted by Gasteiger charge is -2.20. The van der Waals surface area contributed by atoms with Crippen LogP contribution in [0.3, 0.4) is 0 Å². The third-order valence-electron chi connectivity index (χ3n) is 5.50. The number of para-hydroxylation sites is 1. The number of hydrogen-bond donors (Lipinski definition) is 0. The fraction of sp³-hybridized carbons (Fsp3) is 0.167. The molecule has 8 heteroatoms. The van der Waals surface area contributed by atoms with E-state index in [4.69, 9.17) is 9.15 Å². The first kappa shape index (κ1) is 19.7. The minimum atomic E-state index is -0.390. The van der Waals surface area contributed by atoms with Gasteiger partial charge >= 0.3 is 0 Å². The number of benzene rings is 2. The molecule has 0 N–H and O–H groups in total. The van der Waals surface area contributed by atoms with Crippen molar-refractivity contribution in [2.24, 2.45) is 5.10 Å². The number of fused-ring (bicyclic) bond motifs is 1. The molecule has 160 valence electrons. The Morgan fingerprint density at radius 1 is 1.12 bits per heavy atom. The van der Waals surface area contributed by atoms with E-state index in [1.54, 1.807) is 37.6 Å². The normalized spacial score (nSPS) is 15.7. The number of amides is 1. The number of rotatable bonds is 5. The Kier molecular flexibility index (Phi) is 5.03. The number of ether oxygens (including phenoxy) is 1. The quantitative estimate of drug-likeness (QED) is 0.486. The lowest BCUT2D eigenvalue weighted by Crippen LogP contribution is -2.34. The molecule has 0 radical (unpaired) electrons. The zero-order valence-corrected chi connectivity index (χ0v) is 17.3. The summed E-state index contributed by atoms with van der Waals surface area (Å²) in [5, 5.41) is 6.47. The van der Waals surface area contributed by atoms with Crippen molar-refractivity contribution in [2.45, 2.75) is 19.0 Å². The Morgan fingerprint density at radius 3 is 2.69 bits per heavy atom. The average Bonchev–Trinajstić information content (AvgIpc) is 3.51. The van der Waals surface area contributed by atoms with Gasteiger partial charge in [-0.1, -0.05) is 12.1 Å². The summed E-state index contributed by atoms with van der Waals surface area (Å²) in [5.74, 6) is 1.05. The first-order valence-corrected chi connectivity index (χ1v) is 10.2. The maximum Gasteiger partial charge on any atom is 0.263 e. The molecule has 2 aromatic carbocycles. The predicted octanol–water partition coefficient (Wildman–Crippen LogP) is 3.38. The first-order chi connectivity index (χ1) is 15.6. The Balaban J connectivity index is 1.47. The molecule has 32 heavy (non-hydrogen) atoms. The Hall–Kier alpha value is -4.20. The number of hydrogen-bond acceptors (Lipinski definition) is 6. The first-order valence-electron chi connectivity index (χ1n) is 10.2. The van der Waals surface area contributed by atoms with Gasteiger partial charge in [-0.25, -0.2) is 9.99 Å². The molecule has 1 aliphatic heterocycles. The molecule has 1 unspecified atom stereocenters. The van der Waals surface area contributed by atoms with Gasteiger partial charge in [-0.15, -0.1) is 0 Å². The molecule has 0 fully saturated rings. The molecular weight excluding hydrogens is 408 g/mol. The van der Waals surface area contributed by atoms with E-state index in [0.717, 1.165) is 17.0 Å². The lowest BCUT2D eigenvalue weighted by molar-refractivity contribution is -0.134. The molecule has 5 rings (SSSR count). The summed E-state index contributed by atoms with van der Waals surface area (Å²) >= 11 is 0. The molecule has 1 atom stereocenters. The Morgan fingerprint density at radius 2 is 1.94 bits per heavy atom. The molecular formula is C24H20N4O4. The highest BCUT2D eigenvalue weighted by Crippen LogP contribution is 2.33. The van der Waals surface area contributed by atoms with Crippen LogP contribution in [0.1, 0.15) is 23.8 Å². The van der Waals surface area contributed by atoms with Crippen LogP contribution in [0, 0.1) is 0 Å². The Labute approximate surface area is 183 Å². The third-order valence-corrected chi connectivity index (χ3v) is 5.50.